The Morgan fingerprint density at radius 3 is 2.83 bits per heavy atom. The topological polar surface area (TPSA) is 41.6 Å². The van der Waals surface area contributed by atoms with Crippen LogP contribution in [0.3, 0.4) is 0 Å². The van der Waals surface area contributed by atoms with Crippen LogP contribution in [0.4, 0.5) is 4.79 Å². The highest BCUT2D eigenvalue weighted by Crippen LogP contribution is 2.37. The van der Waals surface area contributed by atoms with Crippen LogP contribution in [0.15, 0.2) is 30.3 Å². The lowest BCUT2D eigenvalue weighted by Crippen LogP contribution is -2.54. The van der Waals surface area contributed by atoms with Gasteiger partial charge in [0.15, 0.2) is 0 Å². The van der Waals surface area contributed by atoms with Gasteiger partial charge in [-0.2, -0.15) is 0 Å². The summed E-state index contributed by atoms with van der Waals surface area (Å²) < 4.78 is 5.33. The maximum atomic E-state index is 11.9. The quantitative estimate of drug-likeness (QED) is 0.881. The monoisotopic (exact) mass is 246 g/mol. The third kappa shape index (κ3) is 1.97. The molecule has 4 nitrogen and oxygen atoms in total. The number of fused-ring (bicyclic) bond motifs is 1. The number of likely N-dealkylation sites (N-methyl/N-ethyl adjacent to an activating group) is 1. The lowest BCUT2D eigenvalue weighted by molar-refractivity contribution is 0.0578. The molecule has 2 aliphatic heterocycles. The Kier molecular flexibility index (Phi) is 2.96. The Balaban J connectivity index is 1.52. The first-order valence-electron chi connectivity index (χ1n) is 6.42. The summed E-state index contributed by atoms with van der Waals surface area (Å²) in [5.74, 6) is 0.615. The SMILES string of the molecule is CN(C(=O)OCc1ccccc1)C1[C@H]2CN[C@@H]1C2. The molecule has 18 heavy (non-hydrogen) atoms. The van der Waals surface area contributed by atoms with E-state index in [0.29, 0.717) is 24.6 Å². The molecule has 1 aliphatic carbocycles. The lowest BCUT2D eigenvalue weighted by Gasteiger charge is -2.40. The van der Waals surface area contributed by atoms with E-state index in [1.807, 2.05) is 37.4 Å². The van der Waals surface area contributed by atoms with E-state index >= 15 is 0 Å². The summed E-state index contributed by atoms with van der Waals surface area (Å²) in [4.78, 5) is 13.7. The van der Waals surface area contributed by atoms with Crippen molar-refractivity contribution < 1.29 is 9.53 Å². The van der Waals surface area contributed by atoms with Crippen LogP contribution < -0.4 is 5.32 Å². The second-order valence-corrected chi connectivity index (χ2v) is 5.15. The van der Waals surface area contributed by atoms with E-state index in [1.165, 1.54) is 6.42 Å². The van der Waals surface area contributed by atoms with Crippen LogP contribution in [0, 0.1) is 5.92 Å². The molecule has 0 radical (unpaired) electrons. The fraction of sp³-hybridized carbons (Fsp3) is 0.500. The van der Waals surface area contributed by atoms with Gasteiger partial charge in [-0.25, -0.2) is 4.79 Å². The molecule has 1 saturated carbocycles. The highest BCUT2D eigenvalue weighted by Gasteiger charge is 2.50. The summed E-state index contributed by atoms with van der Waals surface area (Å²) in [5.41, 5.74) is 1.02. The zero-order valence-corrected chi connectivity index (χ0v) is 10.5. The second-order valence-electron chi connectivity index (χ2n) is 5.15. The minimum atomic E-state index is -0.220. The predicted octanol–water partition coefficient (Wildman–Crippen LogP) is 1.62. The number of amides is 1. The van der Waals surface area contributed by atoms with Crippen molar-refractivity contribution in [3.8, 4) is 0 Å². The molecule has 1 unspecified atom stereocenters. The van der Waals surface area contributed by atoms with Gasteiger partial charge in [0.05, 0.1) is 6.04 Å². The van der Waals surface area contributed by atoms with Crippen LogP contribution in [-0.4, -0.2) is 36.7 Å². The van der Waals surface area contributed by atoms with Crippen molar-refractivity contribution in [1.29, 1.82) is 0 Å². The van der Waals surface area contributed by atoms with Crippen molar-refractivity contribution in [2.45, 2.75) is 25.1 Å². The first-order valence-corrected chi connectivity index (χ1v) is 6.42. The minimum absolute atomic E-state index is 0.220. The fourth-order valence-electron chi connectivity index (χ4n) is 2.98. The van der Waals surface area contributed by atoms with E-state index in [2.05, 4.69) is 5.32 Å². The van der Waals surface area contributed by atoms with E-state index in [9.17, 15) is 4.79 Å². The first-order chi connectivity index (χ1) is 8.75. The van der Waals surface area contributed by atoms with Gasteiger partial charge in [-0.05, 0) is 17.9 Å². The number of carbonyl (C=O) groups is 1. The van der Waals surface area contributed by atoms with E-state index in [-0.39, 0.29) is 6.09 Å². The lowest BCUT2D eigenvalue weighted by atomic mass is 9.79. The molecule has 1 aromatic carbocycles. The molecule has 4 heteroatoms. The number of nitrogens with zero attached hydrogens (tertiary/aromatic N) is 1. The molecular weight excluding hydrogens is 228 g/mol. The van der Waals surface area contributed by atoms with E-state index < -0.39 is 0 Å². The molecule has 4 rings (SSSR count). The average Bonchev–Trinajstić information content (AvgIpc) is 3.00. The van der Waals surface area contributed by atoms with Crippen LogP contribution >= 0.6 is 0 Å². The predicted molar refractivity (Wildman–Crippen MR) is 68.1 cm³/mol. The molecule has 96 valence electrons. The number of hydrogen-bond acceptors (Lipinski definition) is 3. The summed E-state index contributed by atoms with van der Waals surface area (Å²) >= 11 is 0. The molecule has 2 bridgehead atoms. The van der Waals surface area contributed by atoms with Crippen molar-refractivity contribution >= 4 is 6.09 Å². The van der Waals surface area contributed by atoms with Crippen molar-refractivity contribution in [3.05, 3.63) is 35.9 Å². The fourth-order valence-corrected chi connectivity index (χ4v) is 2.98. The van der Waals surface area contributed by atoms with Crippen molar-refractivity contribution in [1.82, 2.24) is 10.2 Å². The second kappa shape index (κ2) is 4.61. The average molecular weight is 246 g/mol. The highest BCUT2D eigenvalue weighted by molar-refractivity contribution is 5.68. The van der Waals surface area contributed by atoms with Crippen molar-refractivity contribution in [2.24, 2.45) is 5.92 Å². The summed E-state index contributed by atoms with van der Waals surface area (Å²) in [7, 11) is 1.84. The molecule has 1 aromatic rings. The molecule has 3 atom stereocenters. The zero-order valence-electron chi connectivity index (χ0n) is 10.5. The first kappa shape index (κ1) is 11.5. The highest BCUT2D eigenvalue weighted by atomic mass is 16.6. The zero-order chi connectivity index (χ0) is 12.5. The number of ether oxygens (including phenoxy) is 1. The molecule has 3 aliphatic rings. The molecular formula is C14H18N2O2. The van der Waals surface area contributed by atoms with Crippen molar-refractivity contribution in [3.63, 3.8) is 0 Å². The van der Waals surface area contributed by atoms with Gasteiger partial charge in [0.1, 0.15) is 6.61 Å². The summed E-state index contributed by atoms with van der Waals surface area (Å²) in [6.45, 7) is 1.38. The Morgan fingerprint density at radius 2 is 2.22 bits per heavy atom. The van der Waals surface area contributed by atoms with Gasteiger partial charge in [-0.15, -0.1) is 0 Å². The third-order valence-electron chi connectivity index (χ3n) is 4.03. The molecule has 2 saturated heterocycles. The Labute approximate surface area is 107 Å². The normalized spacial score (nSPS) is 28.6. The van der Waals surface area contributed by atoms with Crippen LogP contribution in [0.2, 0.25) is 0 Å². The van der Waals surface area contributed by atoms with Gasteiger partial charge >= 0.3 is 6.09 Å². The Morgan fingerprint density at radius 1 is 1.44 bits per heavy atom. The van der Waals surface area contributed by atoms with Crippen LogP contribution in [0.25, 0.3) is 0 Å². The number of carbonyl (C=O) groups excluding carboxylic acids is 1. The van der Waals surface area contributed by atoms with Crippen LogP contribution in [-0.2, 0) is 11.3 Å². The van der Waals surface area contributed by atoms with Crippen LogP contribution in [0.5, 0.6) is 0 Å². The molecule has 0 aromatic heterocycles. The minimum Gasteiger partial charge on any atom is -0.445 e. The van der Waals surface area contributed by atoms with Gasteiger partial charge < -0.3 is 15.0 Å². The van der Waals surface area contributed by atoms with E-state index in [4.69, 9.17) is 4.74 Å². The van der Waals surface area contributed by atoms with Gasteiger partial charge in [0.2, 0.25) is 0 Å². The molecule has 1 amide bonds. The summed E-state index contributed by atoms with van der Waals surface area (Å²) in [5, 5.41) is 3.40. The molecule has 0 spiro atoms. The number of hydrogen-bond donors (Lipinski definition) is 1. The maximum Gasteiger partial charge on any atom is 0.410 e. The van der Waals surface area contributed by atoms with Crippen molar-refractivity contribution in [2.75, 3.05) is 13.6 Å². The van der Waals surface area contributed by atoms with Gasteiger partial charge in [-0.1, -0.05) is 30.3 Å². The molecule has 3 fully saturated rings. The van der Waals surface area contributed by atoms with Gasteiger partial charge in [0, 0.05) is 19.6 Å². The van der Waals surface area contributed by atoms with Gasteiger partial charge in [0.25, 0.3) is 0 Å². The third-order valence-corrected chi connectivity index (χ3v) is 4.03. The number of rotatable bonds is 3. The maximum absolute atomic E-state index is 11.9. The molecule has 1 N–H and O–H groups in total. The van der Waals surface area contributed by atoms with Crippen LogP contribution in [0.1, 0.15) is 12.0 Å². The number of nitrogens with one attached hydrogen (secondary N) is 1. The van der Waals surface area contributed by atoms with Gasteiger partial charge in [-0.3, -0.25) is 0 Å². The Hall–Kier alpha value is -1.55. The Bertz CT molecular complexity index is 421. The van der Waals surface area contributed by atoms with E-state index in [1.54, 1.807) is 4.90 Å². The largest absolute Gasteiger partial charge is 0.445 e. The smallest absolute Gasteiger partial charge is 0.410 e. The summed E-state index contributed by atoms with van der Waals surface area (Å²) in [6.07, 6.45) is 0.975. The summed E-state index contributed by atoms with van der Waals surface area (Å²) in [6, 6.07) is 10.6. The standard InChI is InChI=1S/C14H18N2O2/c1-16(13-11-7-12(13)15-8-11)14(17)18-9-10-5-3-2-4-6-10/h2-6,11-13,15H,7-9H2,1H3/t11-,12-,13?/m1/s1. The number of benzene rings is 1. The van der Waals surface area contributed by atoms with E-state index in [0.717, 1.165) is 12.1 Å². The molecule has 2 heterocycles.